The van der Waals surface area contributed by atoms with Gasteiger partial charge in [0.05, 0.1) is 5.92 Å². The van der Waals surface area contributed by atoms with Gasteiger partial charge in [0.2, 0.25) is 5.91 Å². The van der Waals surface area contributed by atoms with Crippen molar-refractivity contribution in [2.24, 2.45) is 5.92 Å². The number of piperidine rings is 1. The summed E-state index contributed by atoms with van der Waals surface area (Å²) in [5.41, 5.74) is 1.22. The van der Waals surface area contributed by atoms with Crippen LogP contribution in [0.1, 0.15) is 18.4 Å². The maximum Gasteiger partial charge on any atom is 0.227 e. The zero-order valence-corrected chi connectivity index (χ0v) is 14.0. The fraction of sp³-hybridized carbons (Fsp3) is 0.526. The Morgan fingerprint density at radius 2 is 1.83 bits per heavy atom. The van der Waals surface area contributed by atoms with Crippen molar-refractivity contribution in [1.29, 1.82) is 0 Å². The van der Waals surface area contributed by atoms with Crippen LogP contribution < -0.4 is 0 Å². The van der Waals surface area contributed by atoms with Gasteiger partial charge in [-0.1, -0.05) is 30.3 Å². The second kappa shape index (κ2) is 7.64. The third kappa shape index (κ3) is 4.35. The highest BCUT2D eigenvalue weighted by atomic mass is 16.2. The molecule has 4 heteroatoms. The molecule has 0 bridgehead atoms. The SMILES string of the molecule is CN1CCCC(C(=O)N2CCN(/C=C/c3ccccc3)CC2)C1. The predicted molar refractivity (Wildman–Crippen MR) is 93.9 cm³/mol. The Morgan fingerprint density at radius 3 is 2.52 bits per heavy atom. The van der Waals surface area contributed by atoms with Crippen LogP contribution in [0, 0.1) is 5.92 Å². The van der Waals surface area contributed by atoms with E-state index in [0.29, 0.717) is 5.91 Å². The van der Waals surface area contributed by atoms with Gasteiger partial charge in [-0.25, -0.2) is 0 Å². The lowest BCUT2D eigenvalue weighted by molar-refractivity contribution is -0.138. The van der Waals surface area contributed by atoms with Crippen LogP contribution in [0.4, 0.5) is 0 Å². The van der Waals surface area contributed by atoms with Crippen molar-refractivity contribution in [1.82, 2.24) is 14.7 Å². The number of carbonyl (C=O) groups excluding carboxylic acids is 1. The Morgan fingerprint density at radius 1 is 1.09 bits per heavy atom. The van der Waals surface area contributed by atoms with E-state index in [1.165, 1.54) is 5.56 Å². The lowest BCUT2D eigenvalue weighted by Crippen LogP contribution is -2.51. The van der Waals surface area contributed by atoms with Gasteiger partial charge in [0, 0.05) is 32.7 Å². The zero-order valence-electron chi connectivity index (χ0n) is 14.0. The number of piperazine rings is 1. The first-order valence-electron chi connectivity index (χ1n) is 8.67. The van der Waals surface area contributed by atoms with E-state index in [1.54, 1.807) is 0 Å². The van der Waals surface area contributed by atoms with Gasteiger partial charge in [0.25, 0.3) is 0 Å². The van der Waals surface area contributed by atoms with Crippen LogP contribution in [0.3, 0.4) is 0 Å². The second-order valence-corrected chi connectivity index (χ2v) is 6.69. The first kappa shape index (κ1) is 16.1. The van der Waals surface area contributed by atoms with Crippen LogP contribution in [-0.2, 0) is 4.79 Å². The molecule has 0 aromatic heterocycles. The van der Waals surface area contributed by atoms with Crippen LogP contribution in [-0.4, -0.2) is 66.9 Å². The molecular weight excluding hydrogens is 286 g/mol. The van der Waals surface area contributed by atoms with Crippen LogP contribution in [0.2, 0.25) is 0 Å². The highest BCUT2D eigenvalue weighted by Crippen LogP contribution is 2.18. The molecule has 1 atom stereocenters. The fourth-order valence-corrected chi connectivity index (χ4v) is 3.47. The molecule has 2 saturated heterocycles. The average molecular weight is 313 g/mol. The van der Waals surface area contributed by atoms with Gasteiger partial charge in [0.15, 0.2) is 0 Å². The number of benzene rings is 1. The number of hydrogen-bond acceptors (Lipinski definition) is 3. The average Bonchev–Trinajstić information content (AvgIpc) is 2.61. The standard InChI is InChI=1S/C19H27N3O/c1-20-10-5-8-18(16-20)19(23)22-14-12-21(13-15-22)11-9-17-6-3-2-4-7-17/h2-4,6-7,9,11,18H,5,8,10,12-16H2,1H3/b11-9+. The van der Waals surface area contributed by atoms with Crippen LogP contribution in [0.15, 0.2) is 36.5 Å². The Bertz CT molecular complexity index is 535. The Labute approximate surface area is 139 Å². The second-order valence-electron chi connectivity index (χ2n) is 6.69. The molecule has 2 fully saturated rings. The molecule has 2 aliphatic heterocycles. The van der Waals surface area contributed by atoms with Gasteiger partial charge < -0.3 is 14.7 Å². The van der Waals surface area contributed by atoms with E-state index in [1.807, 2.05) is 6.07 Å². The minimum Gasteiger partial charge on any atom is -0.374 e. The van der Waals surface area contributed by atoms with Crippen molar-refractivity contribution in [2.75, 3.05) is 46.3 Å². The smallest absolute Gasteiger partial charge is 0.227 e. The van der Waals surface area contributed by atoms with E-state index in [2.05, 4.69) is 58.3 Å². The highest BCUT2D eigenvalue weighted by molar-refractivity contribution is 5.79. The summed E-state index contributed by atoms with van der Waals surface area (Å²) in [4.78, 5) is 19.3. The first-order chi connectivity index (χ1) is 11.2. The number of amides is 1. The van der Waals surface area contributed by atoms with Crippen molar-refractivity contribution >= 4 is 12.0 Å². The minimum absolute atomic E-state index is 0.208. The molecule has 2 aliphatic rings. The minimum atomic E-state index is 0.208. The molecule has 0 N–H and O–H groups in total. The topological polar surface area (TPSA) is 26.8 Å². The first-order valence-corrected chi connectivity index (χ1v) is 8.67. The molecule has 1 aromatic carbocycles. The summed E-state index contributed by atoms with van der Waals surface area (Å²) < 4.78 is 0. The van der Waals surface area contributed by atoms with Crippen molar-refractivity contribution in [3.05, 3.63) is 42.1 Å². The maximum atomic E-state index is 12.6. The third-order valence-corrected chi connectivity index (χ3v) is 4.88. The van der Waals surface area contributed by atoms with E-state index in [9.17, 15) is 4.79 Å². The van der Waals surface area contributed by atoms with Crippen molar-refractivity contribution < 1.29 is 4.79 Å². The largest absolute Gasteiger partial charge is 0.374 e. The van der Waals surface area contributed by atoms with E-state index in [0.717, 1.165) is 52.1 Å². The molecule has 3 rings (SSSR count). The molecule has 4 nitrogen and oxygen atoms in total. The predicted octanol–water partition coefficient (Wildman–Crippen LogP) is 2.14. The molecule has 1 aromatic rings. The third-order valence-electron chi connectivity index (χ3n) is 4.88. The number of hydrogen-bond donors (Lipinski definition) is 0. The molecule has 124 valence electrons. The molecular formula is C19H27N3O. The van der Waals surface area contributed by atoms with Crippen molar-refractivity contribution in [3.8, 4) is 0 Å². The molecule has 23 heavy (non-hydrogen) atoms. The van der Waals surface area contributed by atoms with E-state index >= 15 is 0 Å². The summed E-state index contributed by atoms with van der Waals surface area (Å²) >= 11 is 0. The number of rotatable bonds is 3. The summed E-state index contributed by atoms with van der Waals surface area (Å²) in [5.74, 6) is 0.573. The van der Waals surface area contributed by atoms with E-state index in [4.69, 9.17) is 0 Å². The van der Waals surface area contributed by atoms with Gasteiger partial charge in [-0.2, -0.15) is 0 Å². The van der Waals surface area contributed by atoms with Gasteiger partial charge in [-0.15, -0.1) is 0 Å². The van der Waals surface area contributed by atoms with E-state index < -0.39 is 0 Å². The van der Waals surface area contributed by atoms with Crippen LogP contribution in [0.25, 0.3) is 6.08 Å². The summed E-state index contributed by atoms with van der Waals surface area (Å²) in [6, 6.07) is 10.4. The lowest BCUT2D eigenvalue weighted by atomic mass is 9.96. The Balaban J connectivity index is 1.48. The number of carbonyl (C=O) groups is 1. The van der Waals surface area contributed by atoms with Crippen molar-refractivity contribution in [3.63, 3.8) is 0 Å². The molecule has 0 aliphatic carbocycles. The number of nitrogens with zero attached hydrogens (tertiary/aromatic N) is 3. The number of likely N-dealkylation sites (tertiary alicyclic amines) is 1. The summed E-state index contributed by atoms with van der Waals surface area (Å²) in [7, 11) is 2.12. The van der Waals surface area contributed by atoms with Gasteiger partial charge in [-0.3, -0.25) is 4.79 Å². The van der Waals surface area contributed by atoms with Gasteiger partial charge in [-0.05, 0) is 44.3 Å². The molecule has 2 heterocycles. The van der Waals surface area contributed by atoms with Crippen molar-refractivity contribution in [2.45, 2.75) is 12.8 Å². The normalized spacial score (nSPS) is 23.4. The Hall–Kier alpha value is -1.81. The molecule has 0 saturated carbocycles. The van der Waals surface area contributed by atoms with E-state index in [-0.39, 0.29) is 5.92 Å². The monoisotopic (exact) mass is 313 g/mol. The lowest BCUT2D eigenvalue weighted by Gasteiger charge is -2.38. The summed E-state index contributed by atoms with van der Waals surface area (Å²) in [6.07, 6.45) is 6.50. The highest BCUT2D eigenvalue weighted by Gasteiger charge is 2.29. The molecule has 0 radical (unpaired) electrons. The van der Waals surface area contributed by atoms with Gasteiger partial charge >= 0.3 is 0 Å². The van der Waals surface area contributed by atoms with Crippen LogP contribution >= 0.6 is 0 Å². The quantitative estimate of drug-likeness (QED) is 0.855. The molecule has 1 amide bonds. The molecule has 1 unspecified atom stereocenters. The summed E-state index contributed by atoms with van der Waals surface area (Å²) in [5, 5.41) is 0. The van der Waals surface area contributed by atoms with Gasteiger partial charge in [0.1, 0.15) is 0 Å². The Kier molecular flexibility index (Phi) is 5.34. The fourth-order valence-electron chi connectivity index (χ4n) is 3.47. The van der Waals surface area contributed by atoms with Crippen LogP contribution in [0.5, 0.6) is 0 Å². The zero-order chi connectivity index (χ0) is 16.1. The summed E-state index contributed by atoms with van der Waals surface area (Å²) in [6.45, 7) is 5.60. The maximum absolute atomic E-state index is 12.6. The molecule has 0 spiro atoms.